The monoisotopic (exact) mass is 2240 g/mol. The van der Waals surface area contributed by atoms with Crippen LogP contribution in [0, 0.1) is 36.4 Å². The molecule has 6 nitrogen and oxygen atoms in total. The number of hydrogen-bond acceptors (Lipinski definition) is 9. The summed E-state index contributed by atoms with van der Waals surface area (Å²) in [6.07, 6.45) is 27.9. The number of thiophene rings is 3. The predicted octanol–water partition coefficient (Wildman–Crippen LogP) is 29.0. The fraction of sp³-hybridized carbons (Fsp3) is 0.222. The molecule has 0 spiro atoms. The molecule has 3 saturated carbocycles. The zero-order valence-corrected chi connectivity index (χ0v) is 84.0. The van der Waals surface area contributed by atoms with Gasteiger partial charge in [-0.05, 0) is 174 Å². The van der Waals surface area contributed by atoms with E-state index in [-0.39, 0.29) is 60.3 Å². The second-order valence-electron chi connectivity index (χ2n) is 34.8. The summed E-state index contributed by atoms with van der Waals surface area (Å²) >= 11 is 5.58. The van der Waals surface area contributed by atoms with Crippen LogP contribution in [-0.4, -0.2) is 54.1 Å². The third kappa shape index (κ3) is 22.3. The van der Waals surface area contributed by atoms with Crippen LogP contribution in [0.5, 0.6) is 0 Å². The van der Waals surface area contributed by atoms with Gasteiger partial charge in [-0.25, -0.2) is 0 Å². The van der Waals surface area contributed by atoms with E-state index in [1.807, 2.05) is 180 Å². The molecule has 0 N–H and O–H groups in total. The molecule has 0 atom stereocenters. The standard InChI is InChI=1S/3C20H18NSSi.3C16H16N.3Ir/c1-23(2,3)18-12-7-11-17-19(18)15-9-6-8-14(20(15)22-17)16-10-4-5-13-21-16;1-23(2,3)14-10-11-15-16-7-6-8-17(18-9-4-5-12-21-18)20(16)22-19(15)13-14;1-23(2,3)14-10-11-19-17(13-14)15-7-6-8-16(20(15)22-19)18-9-4-5-12-21-18;3*1-2-8-14(9-3-1)16-11-10-15(12-17-16)13-6-4-5-7-13;;;/h3*4-7,9-13H,1-3H3;3*1-3,8,10-13H,4-7H2;;;/q6*-1;;;. The second-order valence-corrected chi connectivity index (χ2v) is 53.1. The van der Waals surface area contributed by atoms with E-state index >= 15 is 0 Å². The van der Waals surface area contributed by atoms with Crippen LogP contribution in [-0.2, 0) is 60.3 Å². The van der Waals surface area contributed by atoms with Crippen LogP contribution in [0.15, 0.2) is 292 Å². The maximum Gasteiger partial charge on any atom is 0.0783 e. The molecule has 9 aromatic heterocycles. The van der Waals surface area contributed by atoms with Gasteiger partial charge in [0.2, 0.25) is 0 Å². The van der Waals surface area contributed by atoms with Crippen LogP contribution in [0.1, 0.15) is 111 Å². The van der Waals surface area contributed by atoms with Crippen LogP contribution in [0.25, 0.3) is 128 Å². The maximum atomic E-state index is 4.56. The second kappa shape index (κ2) is 42.4. The van der Waals surface area contributed by atoms with Gasteiger partial charge in [-0.2, -0.15) is 34.0 Å². The minimum atomic E-state index is -1.39. The fourth-order valence-corrected chi connectivity index (χ4v) is 24.6. The fourth-order valence-electron chi connectivity index (χ4n) is 16.8. The van der Waals surface area contributed by atoms with E-state index in [4.69, 9.17) is 0 Å². The van der Waals surface area contributed by atoms with Gasteiger partial charge in [0.15, 0.2) is 0 Å². The van der Waals surface area contributed by atoms with Gasteiger partial charge in [0.1, 0.15) is 0 Å². The van der Waals surface area contributed by atoms with Crippen molar-refractivity contribution in [1.82, 2.24) is 29.9 Å². The quantitative estimate of drug-likeness (QED) is 0.0896. The summed E-state index contributed by atoms with van der Waals surface area (Å²) in [7, 11) is -3.99. The Morgan fingerprint density at radius 3 is 1.02 bits per heavy atom. The first-order valence-corrected chi connectivity index (χ1v) is 55.5. The molecular weight excluding hydrogens is 2140 g/mol. The molecule has 0 aliphatic heterocycles. The summed E-state index contributed by atoms with van der Waals surface area (Å²) in [4.78, 5) is 27.2. The topological polar surface area (TPSA) is 77.3 Å². The first-order chi connectivity index (χ1) is 58.4. The Morgan fingerprint density at radius 2 is 0.650 bits per heavy atom. The SMILES string of the molecule is C[Si](C)(C)c1ccc2c(c1)sc1c(-c3ccccn3)[c-]ccc12.C[Si](C)(C)c1ccc2sc3c(-c4ccccn4)[c-]ccc3c2c1.C[Si](C)(C)c1cccc2sc3c(-c4ccccn4)[c-]ccc3c12.[Ir].[Ir].[Ir].[c-]1ccccc1-c1ccc(C2CCCC2)cn1.[c-]1ccccc1-c1ccc(C2CCCC2)cn1.[c-]1ccccc1-c1ccc(C2CCCC2)cn1. The van der Waals surface area contributed by atoms with E-state index in [1.54, 1.807) is 5.19 Å². The minimum absolute atomic E-state index is 0. The van der Waals surface area contributed by atoms with Gasteiger partial charge in [0.25, 0.3) is 0 Å². The number of hydrogen-bond donors (Lipinski definition) is 0. The van der Waals surface area contributed by atoms with Crippen molar-refractivity contribution in [2.45, 2.75) is 154 Å². The van der Waals surface area contributed by atoms with Gasteiger partial charge in [0, 0.05) is 112 Å². The van der Waals surface area contributed by atoms with Crippen molar-refractivity contribution in [2.24, 2.45) is 0 Å². The summed E-state index contributed by atoms with van der Waals surface area (Å²) in [6.45, 7) is 21.6. The zero-order chi connectivity index (χ0) is 82.6. The molecule has 3 fully saturated rings. The van der Waals surface area contributed by atoms with Gasteiger partial charge in [-0.15, -0.1) is 179 Å². The van der Waals surface area contributed by atoms with Crippen molar-refractivity contribution in [3.05, 3.63) is 345 Å². The third-order valence-electron chi connectivity index (χ3n) is 23.4. The molecule has 3 radical (unpaired) electrons. The van der Waals surface area contributed by atoms with E-state index in [2.05, 4.69) is 271 Å². The van der Waals surface area contributed by atoms with Gasteiger partial charge >= 0.3 is 0 Å². The molecule has 15 heteroatoms. The van der Waals surface area contributed by atoms with Gasteiger partial charge in [-0.1, -0.05) is 238 Å². The van der Waals surface area contributed by atoms with Crippen LogP contribution in [0.4, 0.5) is 0 Å². The Bertz CT molecular complexity index is 6130. The van der Waals surface area contributed by atoms with Crippen molar-refractivity contribution >= 4 is 134 Å². The van der Waals surface area contributed by atoms with Crippen molar-refractivity contribution in [3.63, 3.8) is 0 Å². The van der Waals surface area contributed by atoms with Gasteiger partial charge in [-0.3, -0.25) is 0 Å². The molecule has 0 saturated heterocycles. The van der Waals surface area contributed by atoms with Crippen LogP contribution in [0.3, 0.4) is 0 Å². The number of rotatable bonds is 12. The molecule has 0 amide bonds. The summed E-state index contributed by atoms with van der Waals surface area (Å²) in [5.74, 6) is 2.24. The molecule has 18 aromatic rings. The predicted molar refractivity (Wildman–Crippen MR) is 522 cm³/mol. The average molecular weight is 2240 g/mol. The van der Waals surface area contributed by atoms with Crippen molar-refractivity contribution < 1.29 is 60.3 Å². The maximum absolute atomic E-state index is 4.56. The van der Waals surface area contributed by atoms with E-state index < -0.39 is 24.2 Å². The average Bonchev–Trinajstić information content (AvgIpc) is 1.59. The normalized spacial score (nSPS) is 13.5. The summed E-state index contributed by atoms with van der Waals surface area (Å²) in [5.41, 5.74) is 16.8. The molecule has 3 aliphatic rings. The van der Waals surface area contributed by atoms with Crippen LogP contribution in [0.2, 0.25) is 58.9 Å². The minimum Gasteiger partial charge on any atom is -0.305 e. The molecule has 0 unspecified atom stereocenters. The number of aromatic nitrogens is 6. The molecule has 3 aliphatic carbocycles. The molecular formula is C108H102Ir3N6S3Si3-6. The Hall–Kier alpha value is -8.86. The van der Waals surface area contributed by atoms with Gasteiger partial charge < -0.3 is 29.9 Å². The smallest absolute Gasteiger partial charge is 0.0783 e. The first kappa shape index (κ1) is 91.8. The Labute approximate surface area is 783 Å². The molecule has 9 aromatic carbocycles. The van der Waals surface area contributed by atoms with Crippen molar-refractivity contribution in [3.8, 4) is 67.5 Å². The van der Waals surface area contributed by atoms with Crippen LogP contribution >= 0.6 is 34.0 Å². The zero-order valence-electron chi connectivity index (χ0n) is 71.3. The first-order valence-electron chi connectivity index (χ1n) is 42.6. The third-order valence-corrected chi connectivity index (χ3v) is 33.1. The number of benzene rings is 9. The van der Waals surface area contributed by atoms with Crippen LogP contribution < -0.4 is 15.6 Å². The summed E-state index contributed by atoms with van der Waals surface area (Å²) in [6, 6.07) is 108. The summed E-state index contributed by atoms with van der Waals surface area (Å²) in [5, 5.41) is 12.7. The molecule has 21 rings (SSSR count). The summed E-state index contributed by atoms with van der Waals surface area (Å²) < 4.78 is 7.96. The Balaban J connectivity index is 0.000000127. The van der Waals surface area contributed by atoms with Crippen molar-refractivity contribution in [2.75, 3.05) is 0 Å². The molecule has 0 bridgehead atoms. The van der Waals surface area contributed by atoms with E-state index in [0.29, 0.717) is 0 Å². The van der Waals surface area contributed by atoms with Gasteiger partial charge in [0.05, 0.1) is 24.2 Å². The van der Waals surface area contributed by atoms with E-state index in [1.165, 1.54) is 165 Å². The number of fused-ring (bicyclic) bond motifs is 9. The van der Waals surface area contributed by atoms with E-state index in [0.717, 1.165) is 85.3 Å². The number of nitrogens with zero attached hydrogens (tertiary/aromatic N) is 6. The molecule has 627 valence electrons. The van der Waals surface area contributed by atoms with Crippen molar-refractivity contribution in [1.29, 1.82) is 0 Å². The Kier molecular flexibility index (Phi) is 31.7. The Morgan fingerprint density at radius 1 is 0.276 bits per heavy atom. The van der Waals surface area contributed by atoms with E-state index in [9.17, 15) is 0 Å². The molecule has 123 heavy (non-hydrogen) atoms. The molecule has 9 heterocycles. The largest absolute Gasteiger partial charge is 0.305 e. The number of pyridine rings is 6.